The van der Waals surface area contributed by atoms with Gasteiger partial charge in [0.05, 0.1) is 0 Å². The largest absolute Gasteiger partial charge is 0.454 e. The van der Waals surface area contributed by atoms with E-state index in [0.717, 1.165) is 0 Å². The standard InChI is InChI=1S/C20H22N4O5/c1-13(21-20(28)24-15-6-4-3-5-7-15)19(27)29-12-18(26)23-17-10-8-16(9-11-17)22-14(2)25/h3-11,13H,12H2,1-2H3,(H,22,25)(H,23,26)(H2,21,24,28)/t13-/m0/s1. The quantitative estimate of drug-likeness (QED) is 0.533. The van der Waals surface area contributed by atoms with Gasteiger partial charge in [-0.15, -0.1) is 0 Å². The molecule has 0 heterocycles. The maximum atomic E-state index is 12.0. The molecule has 4 amide bonds. The molecule has 0 saturated carbocycles. The first-order chi connectivity index (χ1) is 13.8. The lowest BCUT2D eigenvalue weighted by Crippen LogP contribution is -2.42. The van der Waals surface area contributed by atoms with E-state index in [1.807, 2.05) is 6.07 Å². The van der Waals surface area contributed by atoms with Gasteiger partial charge in [0.1, 0.15) is 6.04 Å². The summed E-state index contributed by atoms with van der Waals surface area (Å²) in [5, 5.41) is 10.2. The summed E-state index contributed by atoms with van der Waals surface area (Å²) >= 11 is 0. The monoisotopic (exact) mass is 398 g/mol. The van der Waals surface area contributed by atoms with E-state index in [1.165, 1.54) is 13.8 Å². The molecule has 0 aliphatic heterocycles. The van der Waals surface area contributed by atoms with Crippen LogP contribution in [0.3, 0.4) is 0 Å². The van der Waals surface area contributed by atoms with Gasteiger partial charge in [0.15, 0.2) is 6.61 Å². The van der Waals surface area contributed by atoms with Crippen LogP contribution < -0.4 is 21.3 Å². The second-order valence-electron chi connectivity index (χ2n) is 6.10. The molecule has 2 rings (SSSR count). The molecule has 1 atom stereocenters. The lowest BCUT2D eigenvalue weighted by molar-refractivity contribution is -0.148. The Kier molecular flexibility index (Phi) is 7.72. The molecule has 0 spiro atoms. The van der Waals surface area contributed by atoms with Crippen LogP contribution in [0.2, 0.25) is 0 Å². The van der Waals surface area contributed by atoms with E-state index in [9.17, 15) is 19.2 Å². The Hall–Kier alpha value is -3.88. The van der Waals surface area contributed by atoms with Crippen LogP contribution in [0.5, 0.6) is 0 Å². The topological polar surface area (TPSA) is 126 Å². The van der Waals surface area contributed by atoms with Crippen molar-refractivity contribution in [1.29, 1.82) is 0 Å². The van der Waals surface area contributed by atoms with Crippen molar-refractivity contribution in [2.75, 3.05) is 22.6 Å². The summed E-state index contributed by atoms with van der Waals surface area (Å²) in [6, 6.07) is 13.7. The molecule has 9 heteroatoms. The fraction of sp³-hybridized carbons (Fsp3) is 0.200. The minimum Gasteiger partial charge on any atom is -0.454 e. The highest BCUT2D eigenvalue weighted by atomic mass is 16.5. The molecule has 0 bridgehead atoms. The van der Waals surface area contributed by atoms with Gasteiger partial charge < -0.3 is 26.0 Å². The fourth-order valence-corrected chi connectivity index (χ4v) is 2.24. The van der Waals surface area contributed by atoms with Crippen molar-refractivity contribution >= 4 is 40.9 Å². The predicted octanol–water partition coefficient (Wildman–Crippen LogP) is 2.34. The van der Waals surface area contributed by atoms with Crippen LogP contribution in [0.15, 0.2) is 54.6 Å². The Balaban J connectivity index is 1.73. The molecule has 29 heavy (non-hydrogen) atoms. The molecule has 2 aromatic carbocycles. The third kappa shape index (κ3) is 7.71. The summed E-state index contributed by atoms with van der Waals surface area (Å²) in [6.07, 6.45) is 0. The Morgan fingerprint density at radius 2 is 1.38 bits per heavy atom. The molecule has 0 aliphatic rings. The van der Waals surface area contributed by atoms with Crippen LogP contribution in [0.4, 0.5) is 21.9 Å². The SMILES string of the molecule is CC(=O)Nc1ccc(NC(=O)COC(=O)[C@H](C)NC(=O)Nc2ccccc2)cc1. The first-order valence-corrected chi connectivity index (χ1v) is 8.80. The van der Waals surface area contributed by atoms with Gasteiger partial charge in [-0.1, -0.05) is 18.2 Å². The van der Waals surface area contributed by atoms with Crippen molar-refractivity contribution in [3.05, 3.63) is 54.6 Å². The number of nitrogens with one attached hydrogen (secondary N) is 4. The Morgan fingerprint density at radius 3 is 1.97 bits per heavy atom. The number of carbonyl (C=O) groups is 4. The Morgan fingerprint density at radius 1 is 0.828 bits per heavy atom. The van der Waals surface area contributed by atoms with Crippen LogP contribution in [-0.4, -0.2) is 36.5 Å². The lowest BCUT2D eigenvalue weighted by Gasteiger charge is -2.14. The fourth-order valence-electron chi connectivity index (χ4n) is 2.24. The van der Waals surface area contributed by atoms with Crippen molar-refractivity contribution in [2.45, 2.75) is 19.9 Å². The highest BCUT2D eigenvalue weighted by Gasteiger charge is 2.18. The van der Waals surface area contributed by atoms with E-state index in [0.29, 0.717) is 17.1 Å². The summed E-state index contributed by atoms with van der Waals surface area (Å²) in [4.78, 5) is 46.7. The number of para-hydroxylation sites is 1. The normalized spacial score (nSPS) is 11.0. The van der Waals surface area contributed by atoms with Crippen LogP contribution in [0.1, 0.15) is 13.8 Å². The summed E-state index contributed by atoms with van der Waals surface area (Å²) in [6.45, 7) is 2.34. The van der Waals surface area contributed by atoms with E-state index in [2.05, 4.69) is 21.3 Å². The lowest BCUT2D eigenvalue weighted by atomic mass is 10.2. The summed E-state index contributed by atoms with van der Waals surface area (Å²) in [7, 11) is 0. The van der Waals surface area contributed by atoms with Crippen molar-refractivity contribution in [2.24, 2.45) is 0 Å². The molecule has 152 valence electrons. The van der Waals surface area contributed by atoms with Crippen molar-refractivity contribution in [3.63, 3.8) is 0 Å². The molecule has 0 aromatic heterocycles. The second-order valence-corrected chi connectivity index (χ2v) is 6.10. The minimum absolute atomic E-state index is 0.200. The number of rotatable bonds is 7. The molecule has 4 N–H and O–H groups in total. The minimum atomic E-state index is -0.941. The zero-order chi connectivity index (χ0) is 21.2. The highest BCUT2D eigenvalue weighted by Crippen LogP contribution is 2.13. The third-order valence-electron chi connectivity index (χ3n) is 3.57. The zero-order valence-electron chi connectivity index (χ0n) is 16.0. The van der Waals surface area contributed by atoms with Gasteiger partial charge in [-0.25, -0.2) is 9.59 Å². The molecule has 0 saturated heterocycles. The van der Waals surface area contributed by atoms with Crippen molar-refractivity contribution < 1.29 is 23.9 Å². The molecular weight excluding hydrogens is 376 g/mol. The van der Waals surface area contributed by atoms with Gasteiger partial charge in [-0.2, -0.15) is 0 Å². The van der Waals surface area contributed by atoms with Crippen LogP contribution in [0.25, 0.3) is 0 Å². The Labute approximate surface area is 167 Å². The molecular formula is C20H22N4O5. The molecule has 0 unspecified atom stereocenters. The number of amides is 4. The number of carbonyl (C=O) groups excluding carboxylic acids is 4. The maximum Gasteiger partial charge on any atom is 0.328 e. The van der Waals surface area contributed by atoms with E-state index in [1.54, 1.807) is 48.5 Å². The maximum absolute atomic E-state index is 12.0. The van der Waals surface area contributed by atoms with Crippen LogP contribution in [-0.2, 0) is 19.1 Å². The summed E-state index contributed by atoms with van der Waals surface area (Å²) in [5.41, 5.74) is 1.65. The number of ether oxygens (including phenoxy) is 1. The van der Waals surface area contributed by atoms with Gasteiger partial charge in [-0.05, 0) is 43.3 Å². The first kappa shape index (κ1) is 21.4. The van der Waals surface area contributed by atoms with Gasteiger partial charge in [0, 0.05) is 24.0 Å². The van der Waals surface area contributed by atoms with Crippen LogP contribution >= 0.6 is 0 Å². The zero-order valence-corrected chi connectivity index (χ0v) is 16.0. The molecule has 0 aliphatic carbocycles. The van der Waals surface area contributed by atoms with E-state index in [-0.39, 0.29) is 5.91 Å². The smallest absolute Gasteiger partial charge is 0.328 e. The summed E-state index contributed by atoms with van der Waals surface area (Å²) in [5.74, 6) is -1.48. The Bertz CT molecular complexity index is 868. The van der Waals surface area contributed by atoms with Crippen LogP contribution in [0, 0.1) is 0 Å². The average molecular weight is 398 g/mol. The molecule has 9 nitrogen and oxygen atoms in total. The van der Waals surface area contributed by atoms with E-state index in [4.69, 9.17) is 4.74 Å². The van der Waals surface area contributed by atoms with Crippen molar-refractivity contribution in [1.82, 2.24) is 5.32 Å². The third-order valence-corrected chi connectivity index (χ3v) is 3.57. The number of hydrogen-bond acceptors (Lipinski definition) is 5. The van der Waals surface area contributed by atoms with Gasteiger partial charge >= 0.3 is 12.0 Å². The number of esters is 1. The number of hydrogen-bond donors (Lipinski definition) is 4. The van der Waals surface area contributed by atoms with Gasteiger partial charge in [0.25, 0.3) is 5.91 Å². The van der Waals surface area contributed by atoms with E-state index >= 15 is 0 Å². The summed E-state index contributed by atoms with van der Waals surface area (Å²) < 4.78 is 4.91. The molecule has 0 fully saturated rings. The number of urea groups is 1. The molecule has 2 aromatic rings. The van der Waals surface area contributed by atoms with Gasteiger partial charge in [0.2, 0.25) is 5.91 Å². The number of benzene rings is 2. The van der Waals surface area contributed by atoms with E-state index < -0.39 is 30.6 Å². The number of anilines is 3. The second kappa shape index (κ2) is 10.5. The predicted molar refractivity (Wildman–Crippen MR) is 108 cm³/mol. The molecule has 0 radical (unpaired) electrons. The van der Waals surface area contributed by atoms with Gasteiger partial charge in [-0.3, -0.25) is 9.59 Å². The first-order valence-electron chi connectivity index (χ1n) is 8.80. The average Bonchev–Trinajstić information content (AvgIpc) is 2.68. The van der Waals surface area contributed by atoms with Crippen molar-refractivity contribution in [3.8, 4) is 0 Å². The highest BCUT2D eigenvalue weighted by molar-refractivity contribution is 5.95.